The Labute approximate surface area is 120 Å². The minimum Gasteiger partial charge on any atom is -0.356 e. The van der Waals surface area contributed by atoms with E-state index in [0.717, 1.165) is 50.5 Å². The monoisotopic (exact) mass is 278 g/mol. The molecule has 1 aliphatic heterocycles. The highest BCUT2D eigenvalue weighted by Crippen LogP contribution is 2.17. The number of piperidine rings is 1. The first-order valence-electron chi connectivity index (χ1n) is 7.72. The molecular formula is C15H26N4O. The quantitative estimate of drug-likeness (QED) is 0.663. The van der Waals surface area contributed by atoms with Gasteiger partial charge in [-0.1, -0.05) is 0 Å². The molecule has 2 heterocycles. The normalized spacial score (nSPS) is 16.2. The second-order valence-corrected chi connectivity index (χ2v) is 5.71. The van der Waals surface area contributed by atoms with Crippen LogP contribution in [-0.2, 0) is 11.2 Å². The zero-order valence-corrected chi connectivity index (χ0v) is 12.4. The summed E-state index contributed by atoms with van der Waals surface area (Å²) >= 11 is 0. The summed E-state index contributed by atoms with van der Waals surface area (Å²) in [5.41, 5.74) is 2.37. The summed E-state index contributed by atoms with van der Waals surface area (Å²) in [7, 11) is 0. The van der Waals surface area contributed by atoms with Crippen molar-refractivity contribution in [1.82, 2.24) is 20.8 Å². The maximum atomic E-state index is 11.8. The molecule has 1 saturated heterocycles. The summed E-state index contributed by atoms with van der Waals surface area (Å²) < 4.78 is 0. The van der Waals surface area contributed by atoms with Gasteiger partial charge in [-0.15, -0.1) is 0 Å². The number of aromatic amines is 1. The third-order valence-corrected chi connectivity index (χ3v) is 4.12. The van der Waals surface area contributed by atoms with Crippen LogP contribution in [-0.4, -0.2) is 35.7 Å². The zero-order chi connectivity index (χ0) is 14.2. The summed E-state index contributed by atoms with van der Waals surface area (Å²) in [5.74, 6) is 0.933. The second kappa shape index (κ2) is 8.04. The third-order valence-electron chi connectivity index (χ3n) is 4.12. The van der Waals surface area contributed by atoms with Gasteiger partial charge in [-0.25, -0.2) is 0 Å². The summed E-state index contributed by atoms with van der Waals surface area (Å²) in [6.45, 7) is 5.00. The van der Waals surface area contributed by atoms with E-state index >= 15 is 0 Å². The van der Waals surface area contributed by atoms with Crippen molar-refractivity contribution in [2.45, 2.75) is 45.4 Å². The summed E-state index contributed by atoms with van der Waals surface area (Å²) in [5, 5.41) is 13.3. The van der Waals surface area contributed by atoms with E-state index in [0.29, 0.717) is 6.42 Å². The van der Waals surface area contributed by atoms with Gasteiger partial charge < -0.3 is 10.6 Å². The molecule has 1 aliphatic rings. The molecule has 1 aromatic heterocycles. The average Bonchev–Trinajstić information content (AvgIpc) is 2.88. The molecule has 112 valence electrons. The van der Waals surface area contributed by atoms with Gasteiger partial charge in [0.05, 0.1) is 6.20 Å². The van der Waals surface area contributed by atoms with Gasteiger partial charge in [-0.2, -0.15) is 5.10 Å². The third kappa shape index (κ3) is 4.96. The first kappa shape index (κ1) is 15.0. The van der Waals surface area contributed by atoms with Crippen LogP contribution in [0.15, 0.2) is 6.20 Å². The minimum absolute atomic E-state index is 0.201. The molecule has 1 amide bonds. The maximum Gasteiger partial charge on any atom is 0.220 e. The van der Waals surface area contributed by atoms with Crippen molar-refractivity contribution >= 4 is 5.91 Å². The first-order valence-corrected chi connectivity index (χ1v) is 7.72. The Morgan fingerprint density at radius 1 is 1.45 bits per heavy atom. The summed E-state index contributed by atoms with van der Waals surface area (Å²) in [6, 6.07) is 0. The molecule has 5 nitrogen and oxygen atoms in total. The van der Waals surface area contributed by atoms with Gasteiger partial charge in [0.15, 0.2) is 0 Å². The Morgan fingerprint density at radius 3 is 2.95 bits per heavy atom. The lowest BCUT2D eigenvalue weighted by Crippen LogP contribution is -2.29. The van der Waals surface area contributed by atoms with E-state index in [4.69, 9.17) is 0 Å². The molecule has 0 atom stereocenters. The number of hydrogen-bond donors (Lipinski definition) is 3. The van der Waals surface area contributed by atoms with Crippen LogP contribution in [0.25, 0.3) is 0 Å². The molecule has 2 rings (SSSR count). The number of rotatable bonds is 7. The first-order chi connectivity index (χ1) is 9.75. The lowest BCUT2D eigenvalue weighted by molar-refractivity contribution is -0.121. The number of aromatic nitrogens is 2. The van der Waals surface area contributed by atoms with Crippen LogP contribution in [0.2, 0.25) is 0 Å². The van der Waals surface area contributed by atoms with E-state index in [2.05, 4.69) is 20.8 Å². The van der Waals surface area contributed by atoms with Gasteiger partial charge in [-0.05, 0) is 63.6 Å². The molecule has 1 aromatic rings. The molecular weight excluding hydrogens is 252 g/mol. The van der Waals surface area contributed by atoms with Gasteiger partial charge in [0.2, 0.25) is 5.91 Å². The average molecular weight is 278 g/mol. The van der Waals surface area contributed by atoms with Crippen molar-refractivity contribution in [3.05, 3.63) is 17.5 Å². The van der Waals surface area contributed by atoms with Crippen LogP contribution in [0.5, 0.6) is 0 Å². The van der Waals surface area contributed by atoms with Crippen molar-refractivity contribution < 1.29 is 4.79 Å². The molecule has 5 heteroatoms. The highest BCUT2D eigenvalue weighted by Gasteiger charge is 2.14. The van der Waals surface area contributed by atoms with Crippen LogP contribution in [0, 0.1) is 12.8 Å². The van der Waals surface area contributed by atoms with Crippen molar-refractivity contribution in [1.29, 1.82) is 0 Å². The van der Waals surface area contributed by atoms with Gasteiger partial charge in [0.25, 0.3) is 0 Å². The molecule has 1 fully saturated rings. The Hall–Kier alpha value is -1.36. The van der Waals surface area contributed by atoms with Crippen molar-refractivity contribution in [3.8, 4) is 0 Å². The van der Waals surface area contributed by atoms with Crippen LogP contribution < -0.4 is 10.6 Å². The highest BCUT2D eigenvalue weighted by molar-refractivity contribution is 5.75. The maximum absolute atomic E-state index is 11.8. The van der Waals surface area contributed by atoms with Crippen LogP contribution in [0.1, 0.15) is 43.4 Å². The molecule has 0 bridgehead atoms. The Kier molecular flexibility index (Phi) is 6.05. The molecule has 20 heavy (non-hydrogen) atoms. The van der Waals surface area contributed by atoms with E-state index in [-0.39, 0.29) is 5.91 Å². The predicted octanol–water partition coefficient (Wildman–Crippen LogP) is 1.55. The van der Waals surface area contributed by atoms with Crippen LogP contribution in [0.4, 0.5) is 0 Å². The Bertz CT molecular complexity index is 410. The molecule has 0 spiro atoms. The topological polar surface area (TPSA) is 69.8 Å². The summed E-state index contributed by atoms with van der Waals surface area (Å²) in [6.07, 6.45) is 7.95. The highest BCUT2D eigenvalue weighted by atomic mass is 16.1. The molecule has 0 radical (unpaired) electrons. The number of amides is 1. The predicted molar refractivity (Wildman–Crippen MR) is 79.5 cm³/mol. The van der Waals surface area contributed by atoms with Gasteiger partial charge in [0.1, 0.15) is 0 Å². The fourth-order valence-electron chi connectivity index (χ4n) is 2.73. The number of nitrogens with one attached hydrogen (secondary N) is 3. The van der Waals surface area contributed by atoms with Crippen LogP contribution >= 0.6 is 0 Å². The number of carbonyl (C=O) groups excluding carboxylic acids is 1. The Balaban J connectivity index is 1.52. The van der Waals surface area contributed by atoms with Gasteiger partial charge in [-0.3, -0.25) is 9.89 Å². The van der Waals surface area contributed by atoms with Crippen molar-refractivity contribution in [2.75, 3.05) is 19.6 Å². The number of carbonyl (C=O) groups is 1. The van der Waals surface area contributed by atoms with Gasteiger partial charge >= 0.3 is 0 Å². The van der Waals surface area contributed by atoms with E-state index in [1.165, 1.54) is 18.4 Å². The summed E-state index contributed by atoms with van der Waals surface area (Å²) in [4.78, 5) is 11.8. The number of nitrogens with zero attached hydrogens (tertiary/aromatic N) is 1. The number of aryl methyl sites for hydroxylation is 2. The van der Waals surface area contributed by atoms with Crippen molar-refractivity contribution in [3.63, 3.8) is 0 Å². The van der Waals surface area contributed by atoms with E-state index in [9.17, 15) is 4.79 Å². The smallest absolute Gasteiger partial charge is 0.220 e. The fraction of sp³-hybridized carbons (Fsp3) is 0.733. The van der Waals surface area contributed by atoms with Gasteiger partial charge in [0, 0.05) is 18.7 Å². The standard InChI is InChI=1S/C15H26N4O/c1-12-14(11-18-19-12)3-2-8-17-15(20)5-4-13-6-9-16-10-7-13/h11,13,16H,2-10H2,1H3,(H,17,20)(H,18,19). The number of H-pyrrole nitrogens is 1. The largest absolute Gasteiger partial charge is 0.356 e. The zero-order valence-electron chi connectivity index (χ0n) is 12.4. The lowest BCUT2D eigenvalue weighted by atomic mass is 9.93. The van der Waals surface area contributed by atoms with E-state index in [1.54, 1.807) is 0 Å². The van der Waals surface area contributed by atoms with Crippen molar-refractivity contribution in [2.24, 2.45) is 5.92 Å². The molecule has 0 aliphatic carbocycles. The lowest BCUT2D eigenvalue weighted by Gasteiger charge is -2.22. The molecule has 0 unspecified atom stereocenters. The Morgan fingerprint density at radius 2 is 2.25 bits per heavy atom. The SMILES string of the molecule is Cc1[nH]ncc1CCCNC(=O)CCC1CCNCC1. The second-order valence-electron chi connectivity index (χ2n) is 5.71. The molecule has 3 N–H and O–H groups in total. The van der Waals surface area contributed by atoms with E-state index in [1.807, 2.05) is 13.1 Å². The molecule has 0 saturated carbocycles. The van der Waals surface area contributed by atoms with E-state index < -0.39 is 0 Å². The fourth-order valence-corrected chi connectivity index (χ4v) is 2.73. The molecule has 0 aromatic carbocycles. The number of hydrogen-bond acceptors (Lipinski definition) is 3. The minimum atomic E-state index is 0.201. The van der Waals surface area contributed by atoms with Crippen LogP contribution in [0.3, 0.4) is 0 Å².